The molecule has 0 radical (unpaired) electrons. The van der Waals surface area contributed by atoms with E-state index in [4.69, 9.17) is 9.15 Å². The summed E-state index contributed by atoms with van der Waals surface area (Å²) in [6.07, 6.45) is 15.5. The molecule has 5 aliphatic rings. The quantitative estimate of drug-likeness (QED) is 0.591. The van der Waals surface area contributed by atoms with Gasteiger partial charge in [-0.25, -0.2) is 0 Å². The van der Waals surface area contributed by atoms with Crippen molar-refractivity contribution >= 4 is 0 Å². The van der Waals surface area contributed by atoms with Gasteiger partial charge in [-0.15, -0.1) is 0 Å². The number of aliphatic hydroxyl groups is 1. The first-order valence-electron chi connectivity index (χ1n) is 14.1. The zero-order valence-corrected chi connectivity index (χ0v) is 20.9. The molecular formula is C29H45NO3. The van der Waals surface area contributed by atoms with Crippen LogP contribution in [-0.4, -0.2) is 48.0 Å². The minimum atomic E-state index is -0.571. The second-order valence-corrected chi connectivity index (χ2v) is 12.7. The molecule has 6 rings (SSSR count). The topological polar surface area (TPSA) is 45.8 Å². The molecule has 184 valence electrons. The van der Waals surface area contributed by atoms with E-state index in [1.165, 1.54) is 64.5 Å². The lowest BCUT2D eigenvalue weighted by Gasteiger charge is -2.64. The lowest BCUT2D eigenvalue weighted by Crippen LogP contribution is -2.64. The third-order valence-electron chi connectivity index (χ3n) is 11.7. The summed E-state index contributed by atoms with van der Waals surface area (Å²) in [4.78, 5) is 2.58. The van der Waals surface area contributed by atoms with Crippen molar-refractivity contribution in [3.8, 4) is 0 Å². The third kappa shape index (κ3) is 3.33. The largest absolute Gasteiger partial charge is 0.469 e. The van der Waals surface area contributed by atoms with E-state index >= 15 is 0 Å². The maximum absolute atomic E-state index is 12.5. The highest BCUT2D eigenvalue weighted by Gasteiger charge is 2.68. The number of likely N-dealkylation sites (tertiary alicyclic amines) is 1. The van der Waals surface area contributed by atoms with E-state index < -0.39 is 5.60 Å². The lowest BCUT2D eigenvalue weighted by molar-refractivity contribution is -0.229. The van der Waals surface area contributed by atoms with Crippen LogP contribution in [0.2, 0.25) is 0 Å². The predicted octanol–water partition coefficient (Wildman–Crippen LogP) is 6.00. The minimum Gasteiger partial charge on any atom is -0.469 e. The summed E-state index contributed by atoms with van der Waals surface area (Å²) in [6.45, 7) is 9.43. The van der Waals surface area contributed by atoms with Crippen LogP contribution in [0.3, 0.4) is 0 Å². The average Bonchev–Trinajstić information content (AvgIpc) is 3.55. The Kier molecular flexibility index (Phi) is 5.74. The second kappa shape index (κ2) is 8.38. The molecule has 4 nitrogen and oxygen atoms in total. The van der Waals surface area contributed by atoms with Crippen LogP contribution in [0.15, 0.2) is 22.8 Å². The summed E-state index contributed by atoms with van der Waals surface area (Å²) in [5, 5.41) is 12.5. The molecule has 4 heteroatoms. The molecule has 8 atom stereocenters. The van der Waals surface area contributed by atoms with Gasteiger partial charge in [0.05, 0.1) is 24.6 Å². The molecule has 0 spiro atoms. The van der Waals surface area contributed by atoms with Gasteiger partial charge < -0.3 is 19.2 Å². The Morgan fingerprint density at radius 2 is 1.85 bits per heavy atom. The van der Waals surface area contributed by atoms with Crippen molar-refractivity contribution in [3.63, 3.8) is 0 Å². The summed E-state index contributed by atoms with van der Waals surface area (Å²) in [7, 11) is 0. The fourth-order valence-corrected chi connectivity index (χ4v) is 9.79. The van der Waals surface area contributed by atoms with Gasteiger partial charge in [0.2, 0.25) is 0 Å². The molecule has 0 bridgehead atoms. The number of rotatable bonds is 5. The molecule has 1 aromatic heterocycles. The van der Waals surface area contributed by atoms with Crippen LogP contribution in [-0.2, 0) is 4.74 Å². The Balaban J connectivity index is 1.24. The summed E-state index contributed by atoms with van der Waals surface area (Å²) in [5.74, 6) is 3.19. The number of nitrogens with zero attached hydrogens (tertiary/aromatic N) is 1. The van der Waals surface area contributed by atoms with E-state index in [1.807, 2.05) is 6.07 Å². The first-order chi connectivity index (χ1) is 16.0. The maximum atomic E-state index is 12.5. The van der Waals surface area contributed by atoms with Crippen LogP contribution in [0.4, 0.5) is 0 Å². The molecule has 5 fully saturated rings. The van der Waals surface area contributed by atoms with E-state index in [0.29, 0.717) is 23.9 Å². The van der Waals surface area contributed by atoms with Crippen LogP contribution >= 0.6 is 0 Å². The van der Waals surface area contributed by atoms with Crippen LogP contribution in [0.5, 0.6) is 0 Å². The van der Waals surface area contributed by atoms with Crippen LogP contribution < -0.4 is 0 Å². The van der Waals surface area contributed by atoms with E-state index in [9.17, 15) is 5.11 Å². The Morgan fingerprint density at radius 3 is 2.64 bits per heavy atom. The maximum Gasteiger partial charge on any atom is 0.107 e. The van der Waals surface area contributed by atoms with Gasteiger partial charge in [0, 0.05) is 17.9 Å². The average molecular weight is 456 g/mol. The fraction of sp³-hybridized carbons (Fsp3) is 0.862. The van der Waals surface area contributed by atoms with Crippen molar-refractivity contribution in [1.82, 2.24) is 4.90 Å². The molecule has 4 aliphatic carbocycles. The van der Waals surface area contributed by atoms with Gasteiger partial charge in [0.1, 0.15) is 5.76 Å². The van der Waals surface area contributed by atoms with Crippen molar-refractivity contribution in [1.29, 1.82) is 0 Å². The molecule has 0 aromatic carbocycles. The zero-order valence-electron chi connectivity index (χ0n) is 20.9. The van der Waals surface area contributed by atoms with Gasteiger partial charge in [-0.05, 0) is 113 Å². The Hall–Kier alpha value is -0.840. The van der Waals surface area contributed by atoms with Crippen LogP contribution in [0.25, 0.3) is 0 Å². The molecule has 1 aromatic rings. The van der Waals surface area contributed by atoms with Crippen molar-refractivity contribution in [2.45, 2.75) is 102 Å². The van der Waals surface area contributed by atoms with Gasteiger partial charge >= 0.3 is 0 Å². The molecular weight excluding hydrogens is 410 g/mol. The standard InChI is InChI=1S/C29H45NO3/c1-27-14-12-22-23(29(27,31)15-13-24(27)25-8-6-19-32-25)11-10-21-7-5-9-26(28(21,22)2)33-20-18-30-16-3-4-17-30/h6,8,19,21-24,26,31H,3-5,7,9-18,20H2,1-2H3/t21-,22+,23-,24-,26?,27-,28+,29+/m1/s1. The molecule has 1 N–H and O–H groups in total. The van der Waals surface area contributed by atoms with Gasteiger partial charge in [-0.2, -0.15) is 0 Å². The highest BCUT2D eigenvalue weighted by atomic mass is 16.5. The smallest absolute Gasteiger partial charge is 0.107 e. The van der Waals surface area contributed by atoms with Crippen LogP contribution in [0, 0.1) is 28.6 Å². The summed E-state index contributed by atoms with van der Waals surface area (Å²) < 4.78 is 12.7. The molecule has 1 saturated heterocycles. The fourth-order valence-electron chi connectivity index (χ4n) is 9.79. The highest BCUT2D eigenvalue weighted by molar-refractivity contribution is 5.24. The summed E-state index contributed by atoms with van der Waals surface area (Å²) in [6, 6.07) is 4.15. The van der Waals surface area contributed by atoms with Crippen molar-refractivity contribution in [2.24, 2.45) is 28.6 Å². The number of fused-ring (bicyclic) bond motifs is 5. The first-order valence-corrected chi connectivity index (χ1v) is 14.1. The lowest BCUT2D eigenvalue weighted by atomic mass is 9.43. The zero-order chi connectivity index (χ0) is 22.7. The van der Waals surface area contributed by atoms with Crippen molar-refractivity contribution in [2.75, 3.05) is 26.2 Å². The molecule has 0 amide bonds. The molecule has 1 aliphatic heterocycles. The molecule has 2 heterocycles. The normalized spacial score (nSPS) is 47.8. The Labute approximate surface area is 200 Å². The van der Waals surface area contributed by atoms with Crippen molar-refractivity contribution < 1.29 is 14.3 Å². The van der Waals surface area contributed by atoms with Gasteiger partial charge in [0.15, 0.2) is 0 Å². The molecule has 4 saturated carbocycles. The monoisotopic (exact) mass is 455 g/mol. The van der Waals surface area contributed by atoms with E-state index in [-0.39, 0.29) is 10.8 Å². The predicted molar refractivity (Wildman–Crippen MR) is 130 cm³/mol. The Bertz CT molecular complexity index is 819. The van der Waals surface area contributed by atoms with E-state index in [1.54, 1.807) is 6.26 Å². The van der Waals surface area contributed by atoms with E-state index in [2.05, 4.69) is 24.8 Å². The molecule has 1 unspecified atom stereocenters. The number of ether oxygens (including phenoxy) is 1. The van der Waals surface area contributed by atoms with Gasteiger partial charge in [-0.1, -0.05) is 20.3 Å². The Morgan fingerprint density at radius 1 is 1.00 bits per heavy atom. The second-order valence-electron chi connectivity index (χ2n) is 12.7. The SMILES string of the molecule is C[C@]12C(OCCN3CCCC3)CCC[C@@H]1CC[C@@H]1[C@@H]2CC[C@]2(C)[C@@H](c3ccco3)CC[C@]12O. The minimum absolute atomic E-state index is 0.0734. The van der Waals surface area contributed by atoms with Crippen LogP contribution in [0.1, 0.15) is 96.2 Å². The first kappa shape index (κ1) is 22.6. The van der Waals surface area contributed by atoms with Gasteiger partial charge in [0.25, 0.3) is 0 Å². The van der Waals surface area contributed by atoms with E-state index in [0.717, 1.165) is 44.1 Å². The number of hydrogen-bond acceptors (Lipinski definition) is 4. The van der Waals surface area contributed by atoms with Crippen molar-refractivity contribution in [3.05, 3.63) is 24.2 Å². The number of furan rings is 1. The molecule has 33 heavy (non-hydrogen) atoms. The summed E-state index contributed by atoms with van der Waals surface area (Å²) in [5.41, 5.74) is -0.430. The highest BCUT2D eigenvalue weighted by Crippen LogP contribution is 2.70. The number of hydrogen-bond donors (Lipinski definition) is 1. The van der Waals surface area contributed by atoms with Gasteiger partial charge in [-0.3, -0.25) is 0 Å². The summed E-state index contributed by atoms with van der Waals surface area (Å²) >= 11 is 0. The third-order valence-corrected chi connectivity index (χ3v) is 11.7.